The van der Waals surface area contributed by atoms with Gasteiger partial charge in [0.15, 0.2) is 0 Å². The summed E-state index contributed by atoms with van der Waals surface area (Å²) in [6.45, 7) is 26.5. The zero-order valence-electron chi connectivity index (χ0n) is 70.7. The van der Waals surface area contributed by atoms with Crippen molar-refractivity contribution in [3.8, 4) is 0 Å². The Bertz CT molecular complexity index is 6500. The topological polar surface area (TPSA) is 96.1 Å². The lowest BCUT2D eigenvalue weighted by atomic mass is 9.84. The number of rotatable bonds is 18. The van der Waals surface area contributed by atoms with E-state index >= 15 is 0 Å². The molecule has 6 aromatic heterocycles. The third-order valence-electron chi connectivity index (χ3n) is 24.6. The molecule has 0 saturated carbocycles. The maximum absolute atomic E-state index is 13.7. The van der Waals surface area contributed by atoms with Gasteiger partial charge in [0.05, 0.1) is 67.8 Å². The Morgan fingerprint density at radius 2 is 0.765 bits per heavy atom. The molecule has 4 N–H and O–H groups in total. The molecule has 0 aliphatic carbocycles. The Labute approximate surface area is 713 Å². The van der Waals surface area contributed by atoms with Crippen LogP contribution in [-0.4, -0.2) is 73.3 Å². The number of benzene rings is 8. The van der Waals surface area contributed by atoms with E-state index in [1.807, 2.05) is 47.9 Å². The predicted molar refractivity (Wildman–Crippen MR) is 498 cm³/mol. The largest absolute Gasteiger partial charge is 0.553 e. The van der Waals surface area contributed by atoms with E-state index in [0.717, 1.165) is 58.3 Å². The second kappa shape index (κ2) is 32.4. The Balaban J connectivity index is 0.000000160. The molecule has 1 spiro atoms. The minimum atomic E-state index is -0.779. The van der Waals surface area contributed by atoms with E-state index in [0.29, 0.717) is 11.3 Å². The van der Waals surface area contributed by atoms with Crippen LogP contribution in [0.15, 0.2) is 315 Å². The van der Waals surface area contributed by atoms with Crippen molar-refractivity contribution in [3.05, 3.63) is 460 Å². The predicted octanol–water partition coefficient (Wildman–Crippen LogP) is 23.2. The van der Waals surface area contributed by atoms with Crippen molar-refractivity contribution in [2.75, 3.05) is 17.8 Å². The molecule has 6 aliphatic rings. The SMILES string of the molecule is CBr.CCSC.CCc1ccc(C(=O)c2ccc(C(c3ccc(C(C)(C)C)cc3)c3ccc(C(c4ccc(C)cc4)c4ccc(C(c5ccccc5)c5ccc(C)[nH]5)[nH]4)[nH]3)[nH]2)cc1.CCc1ccc(C2=C3C=CC4=[N+]3[C@]35n6c2ccc6C(c2ccc(C(C)(C)C)cc2)=C2C=CC(=[N+]23)C(c2ccc(C)cc2)=c2ccc(n25)=C4c2ccccc2)cc1. The minimum absolute atomic E-state index is 0.0109. The van der Waals surface area contributed by atoms with Crippen LogP contribution in [-0.2, 0) is 29.6 Å². The maximum Gasteiger partial charge on any atom is 0.553 e. The van der Waals surface area contributed by atoms with Crippen LogP contribution in [0.3, 0.4) is 0 Å². The molecule has 11 heteroatoms. The van der Waals surface area contributed by atoms with Crippen molar-refractivity contribution in [1.29, 1.82) is 0 Å². The van der Waals surface area contributed by atoms with E-state index in [4.69, 9.17) is 0 Å². The van der Waals surface area contributed by atoms with E-state index in [9.17, 15) is 4.79 Å². The lowest BCUT2D eigenvalue weighted by Gasteiger charge is -2.41. The average molecular weight is 1640 g/mol. The number of H-pyrrole nitrogens is 4. The fourth-order valence-electron chi connectivity index (χ4n) is 18.4. The third kappa shape index (κ3) is 14.1. The van der Waals surface area contributed by atoms with Gasteiger partial charge in [-0.05, 0) is 196 Å². The molecule has 20 rings (SSSR count). The first-order chi connectivity index (χ1) is 57.7. The molecule has 9 nitrogen and oxygen atoms in total. The van der Waals surface area contributed by atoms with Crippen LogP contribution in [0, 0.1) is 20.8 Å². The van der Waals surface area contributed by atoms with Crippen LogP contribution in [0.4, 0.5) is 0 Å². The molecule has 14 aromatic rings. The van der Waals surface area contributed by atoms with Crippen molar-refractivity contribution < 1.29 is 13.9 Å². The molecular formula is C108H105BrN8OS+2. The van der Waals surface area contributed by atoms with Gasteiger partial charge >= 0.3 is 5.91 Å². The van der Waals surface area contributed by atoms with Gasteiger partial charge in [0.25, 0.3) is 0 Å². The molecule has 0 bridgehead atoms. The fourth-order valence-corrected chi connectivity index (χ4v) is 18.4. The van der Waals surface area contributed by atoms with Crippen LogP contribution < -0.4 is 10.7 Å². The number of halogens is 1. The van der Waals surface area contributed by atoms with E-state index in [1.165, 1.54) is 140 Å². The number of nitrogens with one attached hydrogen (secondary N) is 4. The van der Waals surface area contributed by atoms with E-state index in [-0.39, 0.29) is 34.4 Å². The van der Waals surface area contributed by atoms with Gasteiger partial charge in [-0.25, -0.2) is 0 Å². The number of carbonyl (C=O) groups is 1. The number of thioether (sulfide) groups is 1. The fraction of sp³-hybridized carbons (Fsp3) is 0.213. The molecule has 6 aliphatic heterocycles. The number of ketones is 1. The number of nitrogens with zero attached hydrogens (tertiary/aromatic N) is 4. The summed E-state index contributed by atoms with van der Waals surface area (Å²) in [6, 6.07) is 102. The van der Waals surface area contributed by atoms with Gasteiger partial charge in [0.2, 0.25) is 28.6 Å². The number of aromatic nitrogens is 6. The van der Waals surface area contributed by atoms with Gasteiger partial charge in [-0.3, -0.25) is 4.79 Å². The highest BCUT2D eigenvalue weighted by Crippen LogP contribution is 2.54. The standard InChI is InChI=1S/C52H52N4O.C52H42N4.C3H8S.CH3Br/c1-7-35-16-20-39(21-17-35)51(57)47-32-31-46(56-47)50(38-22-24-40(25-23-38)52(4,5)6)45-30-29-44(55-45)49(37-18-13-33(2)14-19-37)43-28-27-42(54-43)48(36-11-9-8-10-12-36)41-26-15-34(3)53-41;1-6-33-14-18-36(19-15-33)49-43-27-25-40-47(34-10-8-7-9-11-34)39-24-26-41-48(35-16-12-32(2)13-17-35)42-28-30-45-50(37-20-22-38(23-21-37)51(3,4)5)46-31-29-44(49)56(46)52(53(39)41,54(40)43)55(42)45;1-3-4-2;1-2/h8-32,48-50,53-56H,7H2,1-6H3;7-31H,6H2,1-5H3;3H2,1-2H3;1H3/q;+2;;/t;52-;;/m.0../s1. The van der Waals surface area contributed by atoms with Crippen LogP contribution in [0.25, 0.3) is 22.3 Å². The number of allylic oxidation sites excluding steroid dienone is 4. The van der Waals surface area contributed by atoms with Gasteiger partial charge in [-0.1, -0.05) is 305 Å². The van der Waals surface area contributed by atoms with Crippen molar-refractivity contribution in [2.24, 2.45) is 0 Å². The highest BCUT2D eigenvalue weighted by molar-refractivity contribution is 9.08. The van der Waals surface area contributed by atoms with Gasteiger partial charge in [-0.2, -0.15) is 20.9 Å². The van der Waals surface area contributed by atoms with Gasteiger partial charge in [-0.15, -0.1) is 0 Å². The highest BCUT2D eigenvalue weighted by atomic mass is 79.9. The Morgan fingerprint density at radius 3 is 1.21 bits per heavy atom. The van der Waals surface area contributed by atoms with Crippen LogP contribution in [0.2, 0.25) is 0 Å². The smallest absolute Gasteiger partial charge is 0.362 e. The van der Waals surface area contributed by atoms with Gasteiger partial charge in [0, 0.05) is 69.7 Å². The molecule has 8 aromatic carbocycles. The number of carbonyl (C=O) groups excluding carboxylic acids is 1. The summed E-state index contributed by atoms with van der Waals surface area (Å²) in [5.74, 6) is 2.05. The van der Waals surface area contributed by atoms with Crippen LogP contribution in [0.1, 0.15) is 220 Å². The maximum atomic E-state index is 13.7. The summed E-state index contributed by atoms with van der Waals surface area (Å²) < 4.78 is 10.7. The Morgan fingerprint density at radius 1 is 0.395 bits per heavy atom. The molecule has 119 heavy (non-hydrogen) atoms. The average Bonchev–Trinajstić information content (AvgIpc) is 1.50. The molecule has 0 amide bonds. The van der Waals surface area contributed by atoms with E-state index in [1.54, 1.807) is 0 Å². The minimum Gasteiger partial charge on any atom is -0.362 e. The molecule has 0 radical (unpaired) electrons. The van der Waals surface area contributed by atoms with Gasteiger partial charge < -0.3 is 19.9 Å². The number of alkyl halides is 1. The highest BCUT2D eigenvalue weighted by Gasteiger charge is 2.73. The van der Waals surface area contributed by atoms with E-state index < -0.39 is 5.91 Å². The number of aromatic amines is 4. The summed E-state index contributed by atoms with van der Waals surface area (Å²) in [5, 5.41) is 2.44. The molecule has 3 unspecified atom stereocenters. The number of hydrogen-bond donors (Lipinski definition) is 4. The second-order valence-electron chi connectivity index (χ2n) is 34.1. The Kier molecular flexibility index (Phi) is 21.6. The van der Waals surface area contributed by atoms with E-state index in [2.05, 4.69) is 417 Å². The summed E-state index contributed by atoms with van der Waals surface area (Å²) in [7, 11) is 0. The normalized spacial score (nSPS) is 15.9. The summed E-state index contributed by atoms with van der Waals surface area (Å²) in [5.41, 5.74) is 37.5. The molecular weight excluding hydrogens is 1540 g/mol. The number of aryl methyl sites for hydroxylation is 5. The van der Waals surface area contributed by atoms with Crippen molar-refractivity contribution in [2.45, 2.75) is 130 Å². The molecule has 594 valence electrons. The molecule has 4 atom stereocenters. The monoisotopic (exact) mass is 1640 g/mol. The van der Waals surface area contributed by atoms with Crippen LogP contribution >= 0.6 is 27.7 Å². The first-order valence-corrected chi connectivity index (χ1v) is 44.9. The summed E-state index contributed by atoms with van der Waals surface area (Å²) in [6.07, 6.45) is 13.6. The Hall–Kier alpha value is -12.0. The molecule has 0 fully saturated rings. The lowest BCUT2D eigenvalue weighted by Crippen LogP contribution is -2.71. The third-order valence-corrected chi connectivity index (χ3v) is 25.1. The van der Waals surface area contributed by atoms with Crippen molar-refractivity contribution in [3.63, 3.8) is 0 Å². The lowest BCUT2D eigenvalue weighted by molar-refractivity contribution is -0.834. The summed E-state index contributed by atoms with van der Waals surface area (Å²) in [4.78, 5) is 28.7. The van der Waals surface area contributed by atoms with Crippen molar-refractivity contribution >= 4 is 67.2 Å². The first-order valence-electron chi connectivity index (χ1n) is 41.9. The first kappa shape index (κ1) is 79.4. The summed E-state index contributed by atoms with van der Waals surface area (Å²) >= 11 is 4.79. The second-order valence-corrected chi connectivity index (χ2v) is 35.2. The zero-order chi connectivity index (χ0) is 82.8. The van der Waals surface area contributed by atoms with Crippen LogP contribution in [0.5, 0.6) is 0 Å². The molecule has 12 heterocycles. The quantitative estimate of drug-likeness (QED) is 0.0391. The van der Waals surface area contributed by atoms with Gasteiger partial charge in [0.1, 0.15) is 0 Å². The zero-order valence-corrected chi connectivity index (χ0v) is 73.1. The van der Waals surface area contributed by atoms with Crippen molar-refractivity contribution in [1.82, 2.24) is 29.1 Å². The molecule has 0 saturated heterocycles. The number of hydrogen-bond acceptors (Lipinski definition) is 2.